The fourth-order valence-electron chi connectivity index (χ4n) is 1.94. The molecule has 0 radical (unpaired) electrons. The fourth-order valence-corrected chi connectivity index (χ4v) is 1.94. The second-order valence-electron chi connectivity index (χ2n) is 4.84. The summed E-state index contributed by atoms with van der Waals surface area (Å²) in [7, 11) is 1.99. The zero-order valence-electron chi connectivity index (χ0n) is 10.9. The van der Waals surface area contributed by atoms with E-state index in [1.165, 1.54) is 0 Å². The van der Waals surface area contributed by atoms with Gasteiger partial charge in [-0.05, 0) is 25.0 Å². The normalized spacial score (nSPS) is 12.3. The van der Waals surface area contributed by atoms with Gasteiger partial charge in [-0.3, -0.25) is 0 Å². The van der Waals surface area contributed by atoms with Crippen molar-refractivity contribution >= 4 is 5.69 Å². The highest BCUT2D eigenvalue weighted by atomic mass is 16.3. The van der Waals surface area contributed by atoms with E-state index in [4.69, 9.17) is 5.26 Å². The molecule has 0 aliphatic carbocycles. The van der Waals surface area contributed by atoms with Gasteiger partial charge in [0.15, 0.2) is 0 Å². The molecule has 3 heteroatoms. The van der Waals surface area contributed by atoms with Crippen molar-refractivity contribution in [3.05, 3.63) is 29.3 Å². The molecule has 0 aliphatic heterocycles. The van der Waals surface area contributed by atoms with Gasteiger partial charge in [-0.15, -0.1) is 0 Å². The van der Waals surface area contributed by atoms with Crippen LogP contribution in [-0.4, -0.2) is 18.7 Å². The zero-order valence-corrected chi connectivity index (χ0v) is 10.9. The molecule has 92 valence electrons. The lowest BCUT2D eigenvalue weighted by Crippen LogP contribution is -2.24. The lowest BCUT2D eigenvalue weighted by atomic mass is 10.0. The molecule has 0 fully saturated rings. The van der Waals surface area contributed by atoms with E-state index < -0.39 is 6.10 Å². The van der Waals surface area contributed by atoms with E-state index in [0.29, 0.717) is 11.5 Å². The second-order valence-corrected chi connectivity index (χ2v) is 4.84. The van der Waals surface area contributed by atoms with Gasteiger partial charge in [-0.2, -0.15) is 5.26 Å². The fraction of sp³-hybridized carbons (Fsp3) is 0.500. The lowest BCUT2D eigenvalue weighted by molar-refractivity contribution is 0.199. The van der Waals surface area contributed by atoms with Gasteiger partial charge in [-0.25, -0.2) is 0 Å². The van der Waals surface area contributed by atoms with Gasteiger partial charge < -0.3 is 10.0 Å². The van der Waals surface area contributed by atoms with E-state index in [-0.39, 0.29) is 0 Å². The molecule has 1 aromatic carbocycles. The zero-order chi connectivity index (χ0) is 13.0. The number of hydrogen-bond acceptors (Lipinski definition) is 3. The minimum atomic E-state index is -0.521. The molecule has 1 atom stereocenters. The lowest BCUT2D eigenvalue weighted by Gasteiger charge is -2.25. The molecule has 0 aromatic heterocycles. The van der Waals surface area contributed by atoms with Gasteiger partial charge in [0, 0.05) is 24.8 Å². The Bertz CT molecular complexity index is 419. The summed E-state index contributed by atoms with van der Waals surface area (Å²) in [6.45, 7) is 6.93. The summed E-state index contributed by atoms with van der Waals surface area (Å²) in [5.74, 6) is 0.535. The predicted octanol–water partition coefficient (Wildman–Crippen LogP) is 2.70. The molecule has 0 bridgehead atoms. The van der Waals surface area contributed by atoms with Crippen molar-refractivity contribution in [3.63, 3.8) is 0 Å². The van der Waals surface area contributed by atoms with Gasteiger partial charge in [-0.1, -0.05) is 19.9 Å². The Morgan fingerprint density at radius 3 is 2.47 bits per heavy atom. The molecule has 3 nitrogen and oxygen atoms in total. The summed E-state index contributed by atoms with van der Waals surface area (Å²) >= 11 is 0. The quantitative estimate of drug-likeness (QED) is 0.868. The molecule has 0 unspecified atom stereocenters. The molecule has 17 heavy (non-hydrogen) atoms. The topological polar surface area (TPSA) is 47.3 Å². The SMILES string of the molecule is CC(C)CN(C)c1cc(C#N)ccc1[C@H](C)O. The Hall–Kier alpha value is -1.53. The smallest absolute Gasteiger partial charge is 0.0992 e. The Kier molecular flexibility index (Phi) is 4.53. The average molecular weight is 232 g/mol. The molecule has 1 rings (SSSR count). The highest BCUT2D eigenvalue weighted by Crippen LogP contribution is 2.27. The largest absolute Gasteiger partial charge is 0.389 e. The number of benzene rings is 1. The first-order chi connectivity index (χ1) is 7.95. The van der Waals surface area contributed by atoms with Crippen molar-refractivity contribution in [3.8, 4) is 6.07 Å². The minimum Gasteiger partial charge on any atom is -0.389 e. The van der Waals surface area contributed by atoms with E-state index in [1.54, 1.807) is 13.0 Å². The predicted molar refractivity (Wildman–Crippen MR) is 69.9 cm³/mol. The van der Waals surface area contributed by atoms with Crippen molar-refractivity contribution in [2.45, 2.75) is 26.9 Å². The maximum Gasteiger partial charge on any atom is 0.0992 e. The van der Waals surface area contributed by atoms with Crippen LogP contribution in [0.2, 0.25) is 0 Å². The summed E-state index contributed by atoms with van der Waals surface area (Å²) in [6, 6.07) is 7.54. The van der Waals surface area contributed by atoms with E-state index >= 15 is 0 Å². The van der Waals surface area contributed by atoms with Crippen molar-refractivity contribution in [2.75, 3.05) is 18.5 Å². The third-order valence-corrected chi connectivity index (χ3v) is 2.66. The number of nitriles is 1. The van der Waals surface area contributed by atoms with Crippen molar-refractivity contribution in [2.24, 2.45) is 5.92 Å². The first kappa shape index (κ1) is 13.5. The summed E-state index contributed by atoms with van der Waals surface area (Å²) in [6.07, 6.45) is -0.521. The summed E-state index contributed by atoms with van der Waals surface area (Å²) in [4.78, 5) is 2.09. The minimum absolute atomic E-state index is 0.521. The maximum absolute atomic E-state index is 9.74. The Morgan fingerprint density at radius 1 is 1.35 bits per heavy atom. The third-order valence-electron chi connectivity index (χ3n) is 2.66. The highest BCUT2D eigenvalue weighted by Gasteiger charge is 2.13. The number of aliphatic hydroxyl groups excluding tert-OH is 1. The second kappa shape index (κ2) is 5.70. The van der Waals surface area contributed by atoms with Crippen LogP contribution in [-0.2, 0) is 0 Å². The van der Waals surface area contributed by atoms with Crippen molar-refractivity contribution in [1.29, 1.82) is 5.26 Å². The molecular formula is C14H20N2O. The summed E-state index contributed by atoms with van der Waals surface area (Å²) < 4.78 is 0. The molecule has 0 saturated carbocycles. The van der Waals surface area contributed by atoms with E-state index in [9.17, 15) is 5.11 Å². The monoisotopic (exact) mass is 232 g/mol. The first-order valence-electron chi connectivity index (χ1n) is 5.89. The van der Waals surface area contributed by atoms with Gasteiger partial charge in [0.25, 0.3) is 0 Å². The van der Waals surface area contributed by atoms with E-state index in [2.05, 4.69) is 24.8 Å². The van der Waals surface area contributed by atoms with Crippen LogP contribution in [0.3, 0.4) is 0 Å². The van der Waals surface area contributed by atoms with Crippen molar-refractivity contribution < 1.29 is 5.11 Å². The third kappa shape index (κ3) is 3.47. The number of nitrogens with zero attached hydrogens (tertiary/aromatic N) is 2. The molecule has 0 heterocycles. The number of anilines is 1. The van der Waals surface area contributed by atoms with E-state index in [0.717, 1.165) is 17.8 Å². The number of rotatable bonds is 4. The molecule has 0 spiro atoms. The molecule has 1 aromatic rings. The van der Waals surface area contributed by atoms with E-state index in [1.807, 2.05) is 19.2 Å². The maximum atomic E-state index is 9.74. The Labute approximate surface area is 103 Å². The van der Waals surface area contributed by atoms with Crippen LogP contribution in [0.5, 0.6) is 0 Å². The Balaban J connectivity index is 3.13. The van der Waals surface area contributed by atoms with Gasteiger partial charge in [0.05, 0.1) is 17.7 Å². The van der Waals surface area contributed by atoms with Crippen LogP contribution in [0.15, 0.2) is 18.2 Å². The molecule has 0 amide bonds. The summed E-state index contributed by atoms with van der Waals surface area (Å²) in [5.41, 5.74) is 2.43. The van der Waals surface area contributed by atoms with Crippen LogP contribution >= 0.6 is 0 Å². The molecule has 1 N–H and O–H groups in total. The van der Waals surface area contributed by atoms with Crippen LogP contribution in [0.25, 0.3) is 0 Å². The van der Waals surface area contributed by atoms with Crippen molar-refractivity contribution in [1.82, 2.24) is 0 Å². The van der Waals surface area contributed by atoms with Crippen LogP contribution < -0.4 is 4.90 Å². The number of aliphatic hydroxyl groups is 1. The molecule has 0 saturated heterocycles. The van der Waals surface area contributed by atoms with Crippen LogP contribution in [0, 0.1) is 17.2 Å². The summed E-state index contributed by atoms with van der Waals surface area (Å²) in [5, 5.41) is 18.7. The molecule has 0 aliphatic rings. The highest BCUT2D eigenvalue weighted by molar-refractivity contribution is 5.58. The van der Waals surface area contributed by atoms with Gasteiger partial charge in [0.1, 0.15) is 0 Å². The van der Waals surface area contributed by atoms with Gasteiger partial charge in [0.2, 0.25) is 0 Å². The van der Waals surface area contributed by atoms with Gasteiger partial charge >= 0.3 is 0 Å². The number of hydrogen-bond donors (Lipinski definition) is 1. The van der Waals surface area contributed by atoms with Crippen LogP contribution in [0.1, 0.15) is 38.0 Å². The molecular weight excluding hydrogens is 212 g/mol. The van der Waals surface area contributed by atoms with Crippen LogP contribution in [0.4, 0.5) is 5.69 Å². The first-order valence-corrected chi connectivity index (χ1v) is 5.89. The average Bonchev–Trinajstić information content (AvgIpc) is 2.27. The Morgan fingerprint density at radius 2 is 2.00 bits per heavy atom. The standard InChI is InChI=1S/C14H20N2O/c1-10(2)9-16(4)14-7-12(8-15)5-6-13(14)11(3)17/h5-7,10-11,17H,9H2,1-4H3/t11-/m0/s1.